The molecule has 0 spiro atoms. The predicted octanol–water partition coefficient (Wildman–Crippen LogP) is 4.06. The highest BCUT2D eigenvalue weighted by atomic mass is 16.7. The highest BCUT2D eigenvalue weighted by molar-refractivity contribution is 5.89. The minimum atomic E-state index is -1.24. The summed E-state index contributed by atoms with van der Waals surface area (Å²) in [5, 5.41) is 3.48. The molecule has 27 heavy (non-hydrogen) atoms. The number of nitrogens with one attached hydrogen (secondary N) is 1. The number of benzene rings is 3. The first kappa shape index (κ1) is 17.5. The van der Waals surface area contributed by atoms with Crippen LogP contribution in [0, 0.1) is 0 Å². The summed E-state index contributed by atoms with van der Waals surface area (Å²) in [4.78, 5) is 12.9. The van der Waals surface area contributed by atoms with E-state index in [9.17, 15) is 4.79 Å². The second-order valence-corrected chi connectivity index (χ2v) is 6.44. The minimum Gasteiger partial charge on any atom is -0.423 e. The molecule has 1 heterocycles. The van der Waals surface area contributed by atoms with Crippen molar-refractivity contribution in [1.82, 2.24) is 5.32 Å². The molecule has 0 aliphatic carbocycles. The topological polar surface area (TPSA) is 47.6 Å². The van der Waals surface area contributed by atoms with Crippen molar-refractivity contribution >= 4 is 5.97 Å². The lowest BCUT2D eigenvalue weighted by molar-refractivity contribution is -0.249. The van der Waals surface area contributed by atoms with E-state index in [-0.39, 0.29) is 6.04 Å². The van der Waals surface area contributed by atoms with Crippen molar-refractivity contribution in [3.8, 4) is 0 Å². The Hall–Kier alpha value is -2.95. The lowest BCUT2D eigenvalue weighted by Crippen LogP contribution is -2.52. The van der Waals surface area contributed by atoms with Crippen molar-refractivity contribution in [2.24, 2.45) is 0 Å². The molecular weight excluding hydrogens is 338 g/mol. The Morgan fingerprint density at radius 1 is 0.889 bits per heavy atom. The van der Waals surface area contributed by atoms with Crippen LogP contribution in [0.1, 0.15) is 27.5 Å². The Balaban J connectivity index is 1.79. The highest BCUT2D eigenvalue weighted by Crippen LogP contribution is 2.42. The van der Waals surface area contributed by atoms with Crippen molar-refractivity contribution in [2.75, 3.05) is 13.2 Å². The van der Waals surface area contributed by atoms with E-state index in [0.29, 0.717) is 18.7 Å². The number of hydrogen-bond acceptors (Lipinski definition) is 4. The van der Waals surface area contributed by atoms with Crippen LogP contribution in [0.5, 0.6) is 0 Å². The van der Waals surface area contributed by atoms with Gasteiger partial charge in [-0.15, -0.1) is 0 Å². The number of hydrogen-bond donors (Lipinski definition) is 1. The molecule has 1 fully saturated rings. The average Bonchev–Trinajstić information content (AvgIpc) is 2.76. The molecule has 4 rings (SSSR count). The fourth-order valence-electron chi connectivity index (χ4n) is 3.45. The van der Waals surface area contributed by atoms with Crippen LogP contribution in [0.2, 0.25) is 0 Å². The third-order valence-corrected chi connectivity index (χ3v) is 4.71. The number of carbonyl (C=O) groups excluding carboxylic acids is 1. The van der Waals surface area contributed by atoms with Gasteiger partial charge in [-0.25, -0.2) is 4.79 Å². The third kappa shape index (κ3) is 3.50. The van der Waals surface area contributed by atoms with Crippen LogP contribution in [0.25, 0.3) is 0 Å². The Bertz CT molecular complexity index is 883. The second-order valence-electron chi connectivity index (χ2n) is 6.44. The zero-order valence-electron chi connectivity index (χ0n) is 14.9. The third-order valence-electron chi connectivity index (χ3n) is 4.71. The number of morpholine rings is 1. The fourth-order valence-corrected chi connectivity index (χ4v) is 3.45. The van der Waals surface area contributed by atoms with Crippen LogP contribution < -0.4 is 5.32 Å². The van der Waals surface area contributed by atoms with Crippen molar-refractivity contribution in [1.29, 1.82) is 0 Å². The molecule has 1 aliphatic heterocycles. The molecule has 0 bridgehead atoms. The minimum absolute atomic E-state index is 0.317. The molecule has 0 amide bonds. The highest BCUT2D eigenvalue weighted by Gasteiger charge is 2.48. The lowest BCUT2D eigenvalue weighted by Gasteiger charge is -2.43. The number of carbonyl (C=O) groups is 1. The van der Waals surface area contributed by atoms with Gasteiger partial charge in [0.2, 0.25) is 0 Å². The molecule has 0 unspecified atom stereocenters. The summed E-state index contributed by atoms with van der Waals surface area (Å²) in [5.41, 5.74) is 2.30. The van der Waals surface area contributed by atoms with Crippen molar-refractivity contribution in [3.05, 3.63) is 108 Å². The molecule has 4 nitrogen and oxygen atoms in total. The van der Waals surface area contributed by atoms with Gasteiger partial charge in [-0.3, -0.25) is 0 Å². The van der Waals surface area contributed by atoms with E-state index in [1.165, 1.54) is 0 Å². The van der Waals surface area contributed by atoms with Crippen LogP contribution in [-0.4, -0.2) is 19.1 Å². The molecule has 3 aromatic carbocycles. The van der Waals surface area contributed by atoms with Gasteiger partial charge >= 0.3 is 5.97 Å². The van der Waals surface area contributed by atoms with Gasteiger partial charge in [0.05, 0.1) is 12.2 Å². The van der Waals surface area contributed by atoms with Gasteiger partial charge in [-0.1, -0.05) is 78.9 Å². The summed E-state index contributed by atoms with van der Waals surface area (Å²) < 4.78 is 12.3. The molecular formula is C23H21NO3. The molecule has 0 radical (unpaired) electrons. The second kappa shape index (κ2) is 7.74. The molecule has 1 saturated heterocycles. The molecule has 0 saturated carbocycles. The standard InChI is InChI=1S/C23H21NO3/c25-22(19-12-6-2-7-13-19)27-23(20-14-8-3-9-15-20)21(24-16-17-26-23)18-10-4-1-5-11-18/h1-15,21,24H,16-17H2/t21-,23-/m1/s1. The Morgan fingerprint density at radius 2 is 1.48 bits per heavy atom. The smallest absolute Gasteiger partial charge is 0.340 e. The van der Waals surface area contributed by atoms with Crippen LogP contribution in [0.4, 0.5) is 0 Å². The molecule has 136 valence electrons. The molecule has 4 heteroatoms. The molecule has 0 aromatic heterocycles. The molecule has 1 aliphatic rings. The van der Waals surface area contributed by atoms with Gasteiger partial charge in [-0.2, -0.15) is 0 Å². The van der Waals surface area contributed by atoms with E-state index >= 15 is 0 Å². The summed E-state index contributed by atoms with van der Waals surface area (Å²) in [6, 6.07) is 28.3. The first-order chi connectivity index (χ1) is 13.3. The maximum atomic E-state index is 12.9. The SMILES string of the molecule is O=C(O[C@@]1(c2ccccc2)OCCN[C@@H]1c1ccccc1)c1ccccc1. The summed E-state index contributed by atoms with van der Waals surface area (Å²) in [6.45, 7) is 1.12. The number of esters is 1. The average molecular weight is 359 g/mol. The van der Waals surface area contributed by atoms with E-state index in [4.69, 9.17) is 9.47 Å². The van der Waals surface area contributed by atoms with E-state index in [1.807, 2.05) is 78.9 Å². The summed E-state index contributed by atoms with van der Waals surface area (Å²) in [7, 11) is 0. The summed E-state index contributed by atoms with van der Waals surface area (Å²) in [5.74, 6) is -1.66. The Morgan fingerprint density at radius 3 is 2.15 bits per heavy atom. The largest absolute Gasteiger partial charge is 0.423 e. The first-order valence-corrected chi connectivity index (χ1v) is 9.06. The molecule has 2 atom stereocenters. The fraction of sp³-hybridized carbons (Fsp3) is 0.174. The van der Waals surface area contributed by atoms with Crippen LogP contribution >= 0.6 is 0 Å². The van der Waals surface area contributed by atoms with Gasteiger partial charge in [0.15, 0.2) is 0 Å². The van der Waals surface area contributed by atoms with Gasteiger partial charge in [0, 0.05) is 12.1 Å². The van der Waals surface area contributed by atoms with Gasteiger partial charge in [0.25, 0.3) is 5.79 Å². The Labute approximate surface area is 158 Å². The van der Waals surface area contributed by atoms with Crippen LogP contribution in [0.3, 0.4) is 0 Å². The van der Waals surface area contributed by atoms with E-state index < -0.39 is 11.8 Å². The van der Waals surface area contributed by atoms with E-state index in [2.05, 4.69) is 5.32 Å². The normalized spacial score (nSPS) is 22.1. The van der Waals surface area contributed by atoms with Gasteiger partial charge in [0.1, 0.15) is 6.04 Å². The van der Waals surface area contributed by atoms with Gasteiger partial charge in [-0.05, 0) is 17.7 Å². The van der Waals surface area contributed by atoms with E-state index in [1.54, 1.807) is 12.1 Å². The summed E-state index contributed by atoms with van der Waals surface area (Å²) >= 11 is 0. The van der Waals surface area contributed by atoms with E-state index in [0.717, 1.165) is 11.1 Å². The predicted molar refractivity (Wildman–Crippen MR) is 103 cm³/mol. The number of rotatable bonds is 4. The van der Waals surface area contributed by atoms with Crippen LogP contribution in [-0.2, 0) is 15.3 Å². The quantitative estimate of drug-likeness (QED) is 0.714. The Kier molecular flexibility index (Phi) is 5.01. The molecule has 1 N–H and O–H groups in total. The zero-order chi connectivity index (χ0) is 18.5. The monoisotopic (exact) mass is 359 g/mol. The van der Waals surface area contributed by atoms with Crippen molar-refractivity contribution in [2.45, 2.75) is 11.8 Å². The maximum Gasteiger partial charge on any atom is 0.340 e. The number of ether oxygens (including phenoxy) is 2. The molecule has 3 aromatic rings. The summed E-state index contributed by atoms with van der Waals surface area (Å²) in [6.07, 6.45) is 0. The van der Waals surface area contributed by atoms with Crippen molar-refractivity contribution in [3.63, 3.8) is 0 Å². The van der Waals surface area contributed by atoms with Gasteiger partial charge < -0.3 is 14.8 Å². The lowest BCUT2D eigenvalue weighted by atomic mass is 9.90. The first-order valence-electron chi connectivity index (χ1n) is 9.06. The van der Waals surface area contributed by atoms with Crippen LogP contribution in [0.15, 0.2) is 91.0 Å². The maximum absolute atomic E-state index is 12.9. The zero-order valence-corrected chi connectivity index (χ0v) is 14.9. The van der Waals surface area contributed by atoms with Crippen molar-refractivity contribution < 1.29 is 14.3 Å².